The van der Waals surface area contributed by atoms with Crippen LogP contribution in [0.15, 0.2) is 11.1 Å². The number of hydrogen-bond donors (Lipinski definition) is 1. The number of nitrogens with one attached hydrogen (secondary N) is 1. The van der Waals surface area contributed by atoms with Gasteiger partial charge < -0.3 is 23.6 Å². The topological polar surface area (TPSA) is 117 Å². The Morgan fingerprint density at radius 3 is 1.58 bits per heavy atom. The minimum Gasteiger partial charge on any atom is -0.459 e. The Labute approximate surface area is 295 Å². The summed E-state index contributed by atoms with van der Waals surface area (Å²) in [6.45, 7) is 30.7. The normalized spacial score (nSPS) is 15.4. The Morgan fingerprint density at radius 1 is 0.729 bits per heavy atom. The number of alkyl carbamates (subject to hydrolysis) is 1. The summed E-state index contributed by atoms with van der Waals surface area (Å²) in [6, 6.07) is 4.57. The van der Waals surface area contributed by atoms with Crippen molar-refractivity contribution in [2.45, 2.75) is 184 Å². The van der Waals surface area contributed by atoms with Crippen molar-refractivity contribution in [2.24, 2.45) is 11.3 Å². The zero-order chi connectivity index (χ0) is 37.7. The van der Waals surface area contributed by atoms with Gasteiger partial charge in [0.2, 0.25) is 11.6 Å². The van der Waals surface area contributed by atoms with Gasteiger partial charge in [0.05, 0.1) is 17.6 Å². The molecule has 1 N–H and O–H groups in total. The van der Waals surface area contributed by atoms with E-state index in [1.54, 1.807) is 48.5 Å². The molecule has 0 aromatic carbocycles. The second-order valence-electron chi connectivity index (χ2n) is 15.3. The largest absolute Gasteiger partial charge is 0.459 e. The van der Waals surface area contributed by atoms with E-state index in [0.29, 0.717) is 18.4 Å². The van der Waals surface area contributed by atoms with Crippen molar-refractivity contribution in [2.75, 3.05) is 6.61 Å². The van der Waals surface area contributed by atoms with Gasteiger partial charge in [0.1, 0.15) is 12.2 Å². The summed E-state index contributed by atoms with van der Waals surface area (Å²) in [4.78, 5) is 54.1. The van der Waals surface area contributed by atoms with Crippen molar-refractivity contribution in [3.63, 3.8) is 0 Å². The minimum atomic E-state index is -2.34. The lowest BCUT2D eigenvalue weighted by atomic mass is 9.78. The minimum absolute atomic E-state index is 0.136. The number of hydrogen-bond acceptors (Lipinski definition) is 8. The number of carbonyl (C=O) groups excluding carboxylic acids is 4. The van der Waals surface area contributed by atoms with Crippen LogP contribution in [0, 0.1) is 11.3 Å². The highest BCUT2D eigenvalue weighted by atomic mass is 28.4. The molecule has 0 aliphatic rings. The Kier molecular flexibility index (Phi) is 19.4. The van der Waals surface area contributed by atoms with Crippen molar-refractivity contribution in [1.82, 2.24) is 5.32 Å². The summed E-state index contributed by atoms with van der Waals surface area (Å²) >= 11 is 0. The predicted octanol–water partition coefficient (Wildman–Crippen LogP) is 9.16. The van der Waals surface area contributed by atoms with Gasteiger partial charge in [-0.2, -0.15) is 0 Å². The third-order valence-electron chi connectivity index (χ3n) is 10.0. The van der Waals surface area contributed by atoms with E-state index in [0.717, 1.165) is 36.3 Å². The van der Waals surface area contributed by atoms with E-state index in [1.165, 1.54) is 0 Å². The van der Waals surface area contributed by atoms with Crippen molar-refractivity contribution < 1.29 is 37.5 Å². The molecule has 0 fully saturated rings. The number of allylic oxidation sites excluding steroid dienone is 1. The number of ether oxygens (including phenoxy) is 2. The molecule has 0 aliphatic carbocycles. The number of amides is 1. The zero-order valence-corrected chi connectivity index (χ0v) is 35.4. The maximum atomic E-state index is 13.9. The van der Waals surface area contributed by atoms with Crippen LogP contribution in [0.25, 0.3) is 0 Å². The van der Waals surface area contributed by atoms with Gasteiger partial charge in [-0.25, -0.2) is 9.59 Å². The number of rotatable bonds is 22. The lowest BCUT2D eigenvalue weighted by molar-refractivity contribution is -0.153. The van der Waals surface area contributed by atoms with Crippen LogP contribution in [0.1, 0.15) is 124 Å². The van der Waals surface area contributed by atoms with Gasteiger partial charge in [-0.05, 0) is 109 Å². The molecule has 11 heteroatoms. The molecular weight excluding hydrogens is 643 g/mol. The lowest BCUT2D eigenvalue weighted by Gasteiger charge is -2.40. The SMILES string of the molecule is CCC(O[Si](CC)(CC)CC)C(C)(C)C(=O)C(=O)/C(C)=C(\C)COC(=O)C(O[Si](CC)(CC)CC)[C@H](CC(C)C)NC(=O)OC(C)(C)C. The molecule has 0 saturated carbocycles. The maximum absolute atomic E-state index is 13.9. The fraction of sp³-hybridized carbons (Fsp3) is 0.838. The van der Waals surface area contributed by atoms with Crippen LogP contribution < -0.4 is 5.32 Å². The predicted molar refractivity (Wildman–Crippen MR) is 200 cm³/mol. The third kappa shape index (κ3) is 13.5. The molecule has 2 unspecified atom stereocenters. The van der Waals surface area contributed by atoms with Crippen LogP contribution in [0.2, 0.25) is 36.3 Å². The second-order valence-corrected chi connectivity index (χ2v) is 24.8. The number of Topliss-reactive ketones (excluding diaryl/α,β-unsaturated/α-hetero) is 2. The molecule has 0 rings (SSSR count). The van der Waals surface area contributed by atoms with Gasteiger partial charge in [0.15, 0.2) is 22.7 Å². The Morgan fingerprint density at radius 2 is 1.19 bits per heavy atom. The van der Waals surface area contributed by atoms with E-state index in [1.807, 2.05) is 20.8 Å². The van der Waals surface area contributed by atoms with Crippen LogP contribution in [-0.4, -0.2) is 70.7 Å². The van der Waals surface area contributed by atoms with Gasteiger partial charge in [-0.15, -0.1) is 0 Å². The standard InChI is InChI=1S/C37H71NO8Si2/c1-17-30(45-47(18-2,19-3)20-4)37(15,16)33(40)31(39)28(11)27(10)25-43-34(41)32(46-48(21-5,22-6)23-7)29(24-26(8)9)38-35(42)44-36(12,13)14/h26,29-30,32H,17-25H2,1-16H3,(H,38,42)/b28-27+/t29-,30?,32?/m0/s1. The molecule has 0 aliphatic heterocycles. The van der Waals surface area contributed by atoms with Crippen LogP contribution in [-0.2, 0) is 32.7 Å². The molecule has 9 nitrogen and oxygen atoms in total. The first-order valence-corrected chi connectivity index (χ1v) is 23.4. The molecule has 280 valence electrons. The zero-order valence-electron chi connectivity index (χ0n) is 33.4. The summed E-state index contributed by atoms with van der Waals surface area (Å²) in [5.41, 5.74) is -1.00. The van der Waals surface area contributed by atoms with Crippen molar-refractivity contribution in [1.29, 1.82) is 0 Å². The van der Waals surface area contributed by atoms with Gasteiger partial charge in [-0.1, -0.05) is 62.3 Å². The smallest absolute Gasteiger partial charge is 0.407 e. The average molecular weight is 714 g/mol. The first-order chi connectivity index (χ1) is 22.1. The Hall–Kier alpha value is -1.83. The Bertz CT molecular complexity index is 1070. The van der Waals surface area contributed by atoms with Crippen LogP contribution in [0.3, 0.4) is 0 Å². The molecule has 0 spiro atoms. The van der Waals surface area contributed by atoms with Crippen LogP contribution in [0.4, 0.5) is 4.79 Å². The van der Waals surface area contributed by atoms with Gasteiger partial charge >= 0.3 is 12.1 Å². The first-order valence-electron chi connectivity index (χ1n) is 18.4. The molecule has 0 bridgehead atoms. The number of carbonyl (C=O) groups is 4. The van der Waals surface area contributed by atoms with Gasteiger partial charge in [0.25, 0.3) is 0 Å². The van der Waals surface area contributed by atoms with E-state index in [-0.39, 0.29) is 24.2 Å². The summed E-state index contributed by atoms with van der Waals surface area (Å²) in [6.07, 6.45) is -0.974. The highest BCUT2D eigenvalue weighted by Gasteiger charge is 2.45. The van der Waals surface area contributed by atoms with E-state index >= 15 is 0 Å². The summed E-state index contributed by atoms with van der Waals surface area (Å²) in [5, 5.41) is 2.90. The maximum Gasteiger partial charge on any atom is 0.407 e. The van der Waals surface area contributed by atoms with E-state index in [4.69, 9.17) is 18.3 Å². The molecule has 0 saturated heterocycles. The fourth-order valence-electron chi connectivity index (χ4n) is 6.00. The van der Waals surface area contributed by atoms with Gasteiger partial charge in [0, 0.05) is 5.57 Å². The lowest BCUT2D eigenvalue weighted by Crippen LogP contribution is -2.55. The van der Waals surface area contributed by atoms with Crippen LogP contribution >= 0.6 is 0 Å². The van der Waals surface area contributed by atoms with E-state index in [2.05, 4.69) is 46.9 Å². The second kappa shape index (κ2) is 20.1. The Balaban J connectivity index is 6.36. The monoisotopic (exact) mass is 713 g/mol. The molecular formula is C37H71NO8Si2. The van der Waals surface area contributed by atoms with Crippen molar-refractivity contribution >= 4 is 40.3 Å². The number of esters is 1. The van der Waals surface area contributed by atoms with Gasteiger partial charge in [-0.3, -0.25) is 9.59 Å². The molecule has 0 aromatic heterocycles. The van der Waals surface area contributed by atoms with E-state index < -0.39 is 63.4 Å². The summed E-state index contributed by atoms with van der Waals surface area (Å²) in [5.74, 6) is -1.59. The van der Waals surface area contributed by atoms with Crippen molar-refractivity contribution in [3.05, 3.63) is 11.1 Å². The third-order valence-corrected chi connectivity index (χ3v) is 19.3. The molecule has 3 atom stereocenters. The highest BCUT2D eigenvalue weighted by Crippen LogP contribution is 2.35. The summed E-state index contributed by atoms with van der Waals surface area (Å²) in [7, 11) is -4.36. The molecule has 0 radical (unpaired) electrons. The fourth-order valence-corrected chi connectivity index (χ4v) is 11.9. The highest BCUT2D eigenvalue weighted by molar-refractivity contribution is 6.74. The summed E-state index contributed by atoms with van der Waals surface area (Å²) < 4.78 is 24.8. The molecule has 48 heavy (non-hydrogen) atoms. The molecule has 0 heterocycles. The quantitative estimate of drug-likeness (QED) is 0.0511. The van der Waals surface area contributed by atoms with E-state index in [9.17, 15) is 19.2 Å². The van der Waals surface area contributed by atoms with Crippen molar-refractivity contribution in [3.8, 4) is 0 Å². The van der Waals surface area contributed by atoms with Crippen LogP contribution in [0.5, 0.6) is 0 Å². The molecule has 1 amide bonds. The average Bonchev–Trinajstić information content (AvgIpc) is 3.02. The first kappa shape index (κ1) is 46.2. The number of ketones is 2. The molecule has 0 aromatic rings.